The molecule has 2 aromatic carbocycles. The van der Waals surface area contributed by atoms with Crippen LogP contribution in [0.3, 0.4) is 0 Å². The average Bonchev–Trinajstić information content (AvgIpc) is 3.16. The van der Waals surface area contributed by atoms with E-state index in [9.17, 15) is 4.79 Å². The highest BCUT2D eigenvalue weighted by Crippen LogP contribution is 2.30. The molecule has 5 heteroatoms. The van der Waals surface area contributed by atoms with E-state index in [0.29, 0.717) is 5.91 Å². The van der Waals surface area contributed by atoms with E-state index in [-0.39, 0.29) is 5.92 Å². The normalized spacial score (nSPS) is 20.0. The van der Waals surface area contributed by atoms with Crippen molar-refractivity contribution in [3.05, 3.63) is 48.5 Å². The van der Waals surface area contributed by atoms with Gasteiger partial charge in [-0.2, -0.15) is 0 Å². The molecule has 0 N–H and O–H groups in total. The van der Waals surface area contributed by atoms with E-state index in [2.05, 4.69) is 63.9 Å². The number of aryl methyl sites for hydroxylation is 1. The molecule has 0 bridgehead atoms. The van der Waals surface area contributed by atoms with Crippen LogP contribution in [-0.2, 0) is 11.8 Å². The van der Waals surface area contributed by atoms with Crippen LogP contribution in [0, 0.1) is 5.92 Å². The number of anilines is 1. The summed E-state index contributed by atoms with van der Waals surface area (Å²) in [5.41, 5.74) is 4.47. The first-order valence-corrected chi connectivity index (χ1v) is 11.3. The SMILES string of the molecule is Cn1c(-c2cccc(N3CCC[C@@H](C(=O)N4CCCCC4)C3)c2)nc2ccccc21. The summed E-state index contributed by atoms with van der Waals surface area (Å²) in [5.74, 6) is 1.47. The lowest BCUT2D eigenvalue weighted by Gasteiger charge is -2.37. The number of likely N-dealkylation sites (tertiary alicyclic amines) is 1. The van der Waals surface area contributed by atoms with Crippen molar-refractivity contribution in [3.63, 3.8) is 0 Å². The molecule has 2 aliphatic heterocycles. The van der Waals surface area contributed by atoms with Crippen molar-refractivity contribution in [2.24, 2.45) is 13.0 Å². The minimum Gasteiger partial charge on any atom is -0.371 e. The van der Waals surface area contributed by atoms with Gasteiger partial charge in [0.15, 0.2) is 0 Å². The standard InChI is InChI=1S/C25H30N4O/c1-27-23-13-4-3-12-22(23)26-24(27)19-9-7-11-21(17-19)29-16-8-10-20(18-29)25(30)28-14-5-2-6-15-28/h3-4,7,9,11-13,17,20H,2,5-6,8,10,14-16,18H2,1H3/t20-/m1/s1. The summed E-state index contributed by atoms with van der Waals surface area (Å²) < 4.78 is 2.16. The van der Waals surface area contributed by atoms with E-state index in [1.54, 1.807) is 0 Å². The highest BCUT2D eigenvalue weighted by molar-refractivity contribution is 5.82. The number of rotatable bonds is 3. The third-order valence-corrected chi connectivity index (χ3v) is 6.70. The molecule has 1 atom stereocenters. The van der Waals surface area contributed by atoms with E-state index >= 15 is 0 Å². The number of imidazole rings is 1. The second-order valence-electron chi connectivity index (χ2n) is 8.70. The lowest BCUT2D eigenvalue weighted by molar-refractivity contribution is -0.136. The van der Waals surface area contributed by atoms with Gasteiger partial charge in [-0.25, -0.2) is 4.98 Å². The fraction of sp³-hybridized carbons (Fsp3) is 0.440. The number of fused-ring (bicyclic) bond motifs is 1. The van der Waals surface area contributed by atoms with Gasteiger partial charge in [-0.15, -0.1) is 0 Å². The Bertz CT molecular complexity index is 1050. The number of hydrogen-bond donors (Lipinski definition) is 0. The zero-order valence-electron chi connectivity index (χ0n) is 17.8. The Kier molecular flexibility index (Phi) is 5.19. The largest absolute Gasteiger partial charge is 0.371 e. The van der Waals surface area contributed by atoms with Crippen molar-refractivity contribution in [1.29, 1.82) is 0 Å². The minimum absolute atomic E-state index is 0.122. The van der Waals surface area contributed by atoms with Crippen molar-refractivity contribution in [2.75, 3.05) is 31.1 Å². The lowest BCUT2D eigenvalue weighted by Crippen LogP contribution is -2.46. The van der Waals surface area contributed by atoms with Gasteiger partial charge in [-0.05, 0) is 56.4 Å². The topological polar surface area (TPSA) is 41.4 Å². The fourth-order valence-corrected chi connectivity index (χ4v) is 5.03. The van der Waals surface area contributed by atoms with E-state index in [0.717, 1.165) is 74.3 Å². The molecule has 2 aliphatic rings. The number of piperidine rings is 2. The van der Waals surface area contributed by atoms with Gasteiger partial charge in [-0.1, -0.05) is 24.3 Å². The van der Waals surface area contributed by atoms with E-state index in [4.69, 9.17) is 4.98 Å². The van der Waals surface area contributed by atoms with Gasteiger partial charge in [0, 0.05) is 44.5 Å². The first kappa shape index (κ1) is 19.2. The number of hydrogen-bond acceptors (Lipinski definition) is 3. The van der Waals surface area contributed by atoms with Crippen LogP contribution < -0.4 is 4.90 Å². The summed E-state index contributed by atoms with van der Waals surface area (Å²) in [4.78, 5) is 22.4. The molecule has 0 spiro atoms. The quantitative estimate of drug-likeness (QED) is 0.649. The maximum absolute atomic E-state index is 13.0. The molecule has 156 valence electrons. The summed E-state index contributed by atoms with van der Waals surface area (Å²) >= 11 is 0. The van der Waals surface area contributed by atoms with Crippen LogP contribution in [0.5, 0.6) is 0 Å². The number of aromatic nitrogens is 2. The Morgan fingerprint density at radius 3 is 2.63 bits per heavy atom. The first-order chi connectivity index (χ1) is 14.7. The Labute approximate surface area is 178 Å². The molecular formula is C25H30N4O. The van der Waals surface area contributed by atoms with Crippen LogP contribution in [-0.4, -0.2) is 46.5 Å². The second kappa shape index (κ2) is 8.13. The molecule has 3 aromatic rings. The van der Waals surface area contributed by atoms with Gasteiger partial charge < -0.3 is 14.4 Å². The first-order valence-electron chi connectivity index (χ1n) is 11.3. The summed E-state index contributed by atoms with van der Waals surface area (Å²) in [6.45, 7) is 3.71. The maximum Gasteiger partial charge on any atom is 0.227 e. The van der Waals surface area contributed by atoms with E-state index < -0.39 is 0 Å². The Balaban J connectivity index is 1.38. The van der Waals surface area contributed by atoms with Crippen LogP contribution in [0.4, 0.5) is 5.69 Å². The summed E-state index contributed by atoms with van der Waals surface area (Å²) in [5, 5.41) is 0. The number of carbonyl (C=O) groups excluding carboxylic acids is 1. The van der Waals surface area contributed by atoms with Gasteiger partial charge >= 0.3 is 0 Å². The van der Waals surface area contributed by atoms with Gasteiger partial charge in [0.25, 0.3) is 0 Å². The van der Waals surface area contributed by atoms with E-state index in [1.165, 1.54) is 12.1 Å². The Hall–Kier alpha value is -2.82. The van der Waals surface area contributed by atoms with Crippen LogP contribution >= 0.6 is 0 Å². The number of carbonyl (C=O) groups is 1. The number of nitrogens with zero attached hydrogens (tertiary/aromatic N) is 4. The molecule has 0 aliphatic carbocycles. The van der Waals surface area contributed by atoms with Gasteiger partial charge in [-0.3, -0.25) is 4.79 Å². The monoisotopic (exact) mass is 402 g/mol. The van der Waals surface area contributed by atoms with Crippen molar-refractivity contribution in [2.45, 2.75) is 32.1 Å². The number of benzene rings is 2. The average molecular weight is 403 g/mol. The van der Waals surface area contributed by atoms with Crippen LogP contribution in [0.2, 0.25) is 0 Å². The zero-order valence-corrected chi connectivity index (χ0v) is 17.8. The molecule has 1 aromatic heterocycles. The molecule has 5 rings (SSSR count). The number of amides is 1. The molecule has 30 heavy (non-hydrogen) atoms. The second-order valence-corrected chi connectivity index (χ2v) is 8.70. The fourth-order valence-electron chi connectivity index (χ4n) is 5.03. The van der Waals surface area contributed by atoms with Gasteiger partial charge in [0.05, 0.1) is 17.0 Å². The third-order valence-electron chi connectivity index (χ3n) is 6.70. The smallest absolute Gasteiger partial charge is 0.227 e. The molecule has 2 saturated heterocycles. The van der Waals surface area contributed by atoms with Crippen molar-refractivity contribution >= 4 is 22.6 Å². The van der Waals surface area contributed by atoms with Crippen molar-refractivity contribution in [1.82, 2.24) is 14.5 Å². The summed E-state index contributed by atoms with van der Waals surface area (Å²) in [6.07, 6.45) is 5.65. The molecule has 5 nitrogen and oxygen atoms in total. The van der Waals surface area contributed by atoms with Crippen LogP contribution in [0.1, 0.15) is 32.1 Å². The summed E-state index contributed by atoms with van der Waals surface area (Å²) in [7, 11) is 2.07. The molecule has 2 fully saturated rings. The van der Waals surface area contributed by atoms with Crippen molar-refractivity contribution < 1.29 is 4.79 Å². The predicted octanol–water partition coefficient (Wildman–Crippen LogP) is 4.47. The van der Waals surface area contributed by atoms with E-state index in [1.807, 2.05) is 6.07 Å². The molecule has 0 radical (unpaired) electrons. The Morgan fingerprint density at radius 1 is 0.967 bits per heavy atom. The molecule has 1 amide bonds. The lowest BCUT2D eigenvalue weighted by atomic mass is 9.95. The van der Waals surface area contributed by atoms with Gasteiger partial charge in [0.2, 0.25) is 5.91 Å². The molecule has 0 saturated carbocycles. The molecular weight excluding hydrogens is 372 g/mol. The maximum atomic E-state index is 13.0. The molecule has 0 unspecified atom stereocenters. The highest BCUT2D eigenvalue weighted by Gasteiger charge is 2.30. The van der Waals surface area contributed by atoms with Crippen LogP contribution in [0.15, 0.2) is 48.5 Å². The Morgan fingerprint density at radius 2 is 1.80 bits per heavy atom. The van der Waals surface area contributed by atoms with Gasteiger partial charge in [0.1, 0.15) is 5.82 Å². The predicted molar refractivity (Wildman–Crippen MR) is 122 cm³/mol. The number of para-hydroxylation sites is 2. The molecule has 3 heterocycles. The summed E-state index contributed by atoms with van der Waals surface area (Å²) in [6, 6.07) is 16.9. The third kappa shape index (κ3) is 3.57. The minimum atomic E-state index is 0.122. The highest BCUT2D eigenvalue weighted by atomic mass is 16.2. The van der Waals surface area contributed by atoms with Crippen LogP contribution in [0.25, 0.3) is 22.4 Å². The zero-order chi connectivity index (χ0) is 20.5. The van der Waals surface area contributed by atoms with Crippen molar-refractivity contribution in [3.8, 4) is 11.4 Å².